The van der Waals surface area contributed by atoms with Gasteiger partial charge in [0.1, 0.15) is 12.1 Å². The number of carbonyl (C=O) groups excluding carboxylic acids is 1. The molecule has 0 spiro atoms. The zero-order valence-corrected chi connectivity index (χ0v) is 14.8. The summed E-state index contributed by atoms with van der Waals surface area (Å²) in [6, 6.07) is 12.3. The van der Waals surface area contributed by atoms with Crippen LogP contribution in [0.2, 0.25) is 10.0 Å². The van der Waals surface area contributed by atoms with E-state index < -0.39 is 5.97 Å². The molecule has 7 heteroatoms. The van der Waals surface area contributed by atoms with Crippen molar-refractivity contribution in [2.24, 2.45) is 0 Å². The summed E-state index contributed by atoms with van der Waals surface area (Å²) >= 11 is 12.0. The number of benzene rings is 2. The van der Waals surface area contributed by atoms with Gasteiger partial charge >= 0.3 is 5.97 Å². The Labute approximate surface area is 158 Å². The van der Waals surface area contributed by atoms with Crippen LogP contribution >= 0.6 is 23.2 Å². The third-order valence-corrected chi connectivity index (χ3v) is 4.68. The molecule has 0 aliphatic carbocycles. The number of nitrogens with zero attached hydrogens (tertiary/aromatic N) is 1. The monoisotopic (exact) mass is 386 g/mol. The Hall–Kier alpha value is -2.76. The number of para-hydroxylation sites is 1. The quantitative estimate of drug-likeness (QED) is 0.481. The molecule has 2 aromatic heterocycles. The molecule has 4 rings (SSSR count). The van der Waals surface area contributed by atoms with Crippen LogP contribution < -0.4 is 0 Å². The number of H-pyrrole nitrogens is 1. The van der Waals surface area contributed by atoms with Gasteiger partial charge in [-0.15, -0.1) is 0 Å². The number of phenolic OH excluding ortho intramolecular Hbond substituents is 1. The third-order valence-electron chi connectivity index (χ3n) is 4.07. The molecule has 0 amide bonds. The number of hydrogen-bond acceptors (Lipinski definition) is 4. The van der Waals surface area contributed by atoms with E-state index in [1.165, 1.54) is 6.07 Å². The van der Waals surface area contributed by atoms with Crippen molar-refractivity contribution < 1.29 is 14.6 Å². The second-order valence-electron chi connectivity index (χ2n) is 5.71. The fourth-order valence-electron chi connectivity index (χ4n) is 2.78. The maximum Gasteiger partial charge on any atom is 0.340 e. The van der Waals surface area contributed by atoms with Crippen LogP contribution in [0.4, 0.5) is 0 Å². The van der Waals surface area contributed by atoms with Crippen molar-refractivity contribution in [3.05, 3.63) is 70.0 Å². The molecule has 0 aliphatic rings. The van der Waals surface area contributed by atoms with E-state index >= 15 is 0 Å². The van der Waals surface area contributed by atoms with Gasteiger partial charge in [-0.25, -0.2) is 9.78 Å². The summed E-state index contributed by atoms with van der Waals surface area (Å²) in [5.74, 6) is -0.617. The Morgan fingerprint density at radius 3 is 2.77 bits per heavy atom. The first-order valence-corrected chi connectivity index (χ1v) is 8.50. The lowest BCUT2D eigenvalue weighted by molar-refractivity contribution is 0.0470. The summed E-state index contributed by atoms with van der Waals surface area (Å²) in [6.45, 7) is -0.0438. The molecular formula is C19H12Cl2N2O3. The van der Waals surface area contributed by atoms with Crippen LogP contribution in [0.3, 0.4) is 0 Å². The second kappa shape index (κ2) is 6.52. The van der Waals surface area contributed by atoms with E-state index in [0.717, 1.165) is 10.9 Å². The lowest BCUT2D eigenvalue weighted by Gasteiger charge is -2.08. The summed E-state index contributed by atoms with van der Waals surface area (Å²) in [6.07, 6.45) is 1.62. The summed E-state index contributed by atoms with van der Waals surface area (Å²) in [5, 5.41) is 12.0. The largest absolute Gasteiger partial charge is 0.504 e. The van der Waals surface area contributed by atoms with E-state index in [9.17, 15) is 9.90 Å². The molecule has 5 nitrogen and oxygen atoms in total. The Morgan fingerprint density at radius 2 is 1.92 bits per heavy atom. The molecule has 0 unspecified atom stereocenters. The first-order valence-electron chi connectivity index (χ1n) is 7.74. The van der Waals surface area contributed by atoms with Crippen molar-refractivity contribution in [3.63, 3.8) is 0 Å². The number of aromatic amines is 1. The van der Waals surface area contributed by atoms with Crippen molar-refractivity contribution in [1.29, 1.82) is 0 Å². The zero-order chi connectivity index (χ0) is 18.3. The number of pyridine rings is 1. The number of esters is 1. The Balaban J connectivity index is 1.60. The fraction of sp³-hybridized carbons (Fsp3) is 0.0526. The molecular weight excluding hydrogens is 375 g/mol. The fourth-order valence-corrected chi connectivity index (χ4v) is 3.30. The molecule has 0 bridgehead atoms. The molecule has 2 N–H and O–H groups in total. The van der Waals surface area contributed by atoms with Crippen LogP contribution in [0.5, 0.6) is 5.75 Å². The molecule has 0 atom stereocenters. The summed E-state index contributed by atoms with van der Waals surface area (Å²) < 4.78 is 5.36. The van der Waals surface area contributed by atoms with Gasteiger partial charge in [0.05, 0.1) is 21.3 Å². The number of carbonyl (C=O) groups is 1. The van der Waals surface area contributed by atoms with Crippen molar-refractivity contribution in [3.8, 4) is 5.75 Å². The Morgan fingerprint density at radius 1 is 1.12 bits per heavy atom. The van der Waals surface area contributed by atoms with Gasteiger partial charge in [0.25, 0.3) is 0 Å². The van der Waals surface area contributed by atoms with E-state index in [2.05, 4.69) is 9.97 Å². The van der Waals surface area contributed by atoms with Gasteiger partial charge in [0, 0.05) is 22.5 Å². The molecule has 0 saturated carbocycles. The predicted octanol–water partition coefficient (Wildman–Crippen LogP) is 5.09. The molecule has 0 radical (unpaired) electrons. The minimum Gasteiger partial charge on any atom is -0.504 e. The normalized spacial score (nSPS) is 11.2. The summed E-state index contributed by atoms with van der Waals surface area (Å²) in [5.41, 5.74) is 2.05. The number of ether oxygens (including phenoxy) is 1. The highest BCUT2D eigenvalue weighted by Crippen LogP contribution is 2.36. The average Bonchev–Trinajstić information content (AvgIpc) is 3.08. The number of fused-ring (bicyclic) bond motifs is 2. The van der Waals surface area contributed by atoms with Crippen LogP contribution in [-0.4, -0.2) is 21.0 Å². The van der Waals surface area contributed by atoms with Gasteiger partial charge in [-0.2, -0.15) is 0 Å². The van der Waals surface area contributed by atoms with E-state index in [4.69, 9.17) is 27.9 Å². The Bertz CT molecular complexity index is 1150. The van der Waals surface area contributed by atoms with Gasteiger partial charge in [-0.3, -0.25) is 0 Å². The topological polar surface area (TPSA) is 75.2 Å². The molecule has 130 valence electrons. The highest BCUT2D eigenvalue weighted by atomic mass is 35.5. The Kier molecular flexibility index (Phi) is 4.18. The van der Waals surface area contributed by atoms with Crippen LogP contribution in [-0.2, 0) is 11.3 Å². The van der Waals surface area contributed by atoms with Gasteiger partial charge in [0.15, 0.2) is 5.75 Å². The van der Waals surface area contributed by atoms with Crippen LogP contribution in [0.1, 0.15) is 16.1 Å². The van der Waals surface area contributed by atoms with E-state index in [1.54, 1.807) is 18.3 Å². The van der Waals surface area contributed by atoms with E-state index in [-0.39, 0.29) is 22.9 Å². The predicted molar refractivity (Wildman–Crippen MR) is 101 cm³/mol. The number of hydrogen-bond donors (Lipinski definition) is 2. The summed E-state index contributed by atoms with van der Waals surface area (Å²) in [7, 11) is 0. The number of phenols is 1. The van der Waals surface area contributed by atoms with Gasteiger partial charge in [-0.1, -0.05) is 41.4 Å². The van der Waals surface area contributed by atoms with Crippen LogP contribution in [0.25, 0.3) is 21.8 Å². The highest BCUT2D eigenvalue weighted by Gasteiger charge is 2.15. The average molecular weight is 387 g/mol. The molecule has 0 fully saturated rings. The number of halogens is 2. The van der Waals surface area contributed by atoms with Crippen LogP contribution in [0.15, 0.2) is 48.7 Å². The lowest BCUT2D eigenvalue weighted by atomic mass is 10.2. The SMILES string of the molecule is O=C(OCc1ccc2c(Cl)cc(Cl)c(O)c2n1)c1c[nH]c2ccccc12. The van der Waals surface area contributed by atoms with Gasteiger partial charge in [-0.05, 0) is 24.3 Å². The van der Waals surface area contributed by atoms with Crippen molar-refractivity contribution >= 4 is 51.0 Å². The first-order chi connectivity index (χ1) is 12.5. The van der Waals surface area contributed by atoms with E-state index in [1.807, 2.05) is 24.3 Å². The molecule has 0 saturated heterocycles. The number of nitrogens with one attached hydrogen (secondary N) is 1. The highest BCUT2D eigenvalue weighted by molar-refractivity contribution is 6.39. The minimum absolute atomic E-state index is 0.0438. The van der Waals surface area contributed by atoms with Crippen molar-refractivity contribution in [2.45, 2.75) is 6.61 Å². The minimum atomic E-state index is -0.460. The van der Waals surface area contributed by atoms with E-state index in [0.29, 0.717) is 21.7 Å². The maximum absolute atomic E-state index is 12.4. The number of rotatable bonds is 3. The maximum atomic E-state index is 12.4. The molecule has 4 aromatic rings. The smallest absolute Gasteiger partial charge is 0.340 e. The van der Waals surface area contributed by atoms with Crippen molar-refractivity contribution in [1.82, 2.24) is 9.97 Å². The van der Waals surface area contributed by atoms with Crippen molar-refractivity contribution in [2.75, 3.05) is 0 Å². The lowest BCUT2D eigenvalue weighted by Crippen LogP contribution is -2.05. The zero-order valence-electron chi connectivity index (χ0n) is 13.3. The van der Waals surface area contributed by atoms with Crippen LogP contribution in [0, 0.1) is 0 Å². The second-order valence-corrected chi connectivity index (χ2v) is 6.53. The molecule has 2 aromatic carbocycles. The third kappa shape index (κ3) is 2.85. The summed E-state index contributed by atoms with van der Waals surface area (Å²) in [4.78, 5) is 19.7. The standard InChI is InChI=1S/C19H12Cl2N2O3/c20-14-7-15(21)18(24)17-12(14)6-5-10(23-17)9-26-19(25)13-8-22-16-4-2-1-3-11(13)16/h1-8,22,24H,9H2. The molecule has 26 heavy (non-hydrogen) atoms. The molecule has 2 heterocycles. The first kappa shape index (κ1) is 16.7. The number of aromatic nitrogens is 2. The van der Waals surface area contributed by atoms with Gasteiger partial charge in [0.2, 0.25) is 0 Å². The number of aromatic hydroxyl groups is 1. The van der Waals surface area contributed by atoms with Gasteiger partial charge < -0.3 is 14.8 Å². The molecule has 0 aliphatic heterocycles.